The van der Waals surface area contributed by atoms with E-state index in [1.807, 2.05) is 30.7 Å². The van der Waals surface area contributed by atoms with Gasteiger partial charge >= 0.3 is 0 Å². The molecular weight excluding hydrogens is 310 g/mol. The van der Waals surface area contributed by atoms with Crippen LogP contribution in [0, 0.1) is 0 Å². The second-order valence-corrected chi connectivity index (χ2v) is 6.34. The molecule has 25 heavy (non-hydrogen) atoms. The molecule has 6 rings (SSSR count). The number of hydrogen-bond acceptors (Lipinski definition) is 2. The molecule has 0 saturated heterocycles. The maximum atomic E-state index is 4.67. The van der Waals surface area contributed by atoms with Crippen LogP contribution >= 0.6 is 0 Å². The van der Waals surface area contributed by atoms with Crippen molar-refractivity contribution in [3.63, 3.8) is 0 Å². The molecule has 118 valence electrons. The third kappa shape index (κ3) is 1.59. The first kappa shape index (κ1) is 12.9. The third-order valence-corrected chi connectivity index (χ3v) is 4.95. The summed E-state index contributed by atoms with van der Waals surface area (Å²) in [4.78, 5) is 8.95. The second kappa shape index (κ2) is 4.54. The van der Waals surface area contributed by atoms with Crippen LogP contribution in [0.2, 0.25) is 0 Å². The van der Waals surface area contributed by atoms with Crippen molar-refractivity contribution in [2.24, 2.45) is 0 Å². The Balaban J connectivity index is 1.84. The van der Waals surface area contributed by atoms with Crippen molar-refractivity contribution in [3.8, 4) is 16.9 Å². The predicted octanol–water partition coefficient (Wildman–Crippen LogP) is 2.99. The fraction of sp³-hybridized carbons (Fsp3) is 0.0500. The number of benzene rings is 1. The number of imidazole rings is 2. The monoisotopic (exact) mass is 324 g/mol. The third-order valence-electron chi connectivity index (χ3n) is 4.95. The van der Waals surface area contributed by atoms with Crippen molar-refractivity contribution in [3.05, 3.63) is 79.0 Å². The molecule has 0 atom stereocenters. The maximum Gasteiger partial charge on any atom is 0.261 e. The van der Waals surface area contributed by atoms with Gasteiger partial charge in [0.1, 0.15) is 6.54 Å². The Labute approximate surface area is 143 Å². The minimum atomic E-state index is 0.858. The lowest BCUT2D eigenvalue weighted by molar-refractivity contribution is -0.671. The highest BCUT2D eigenvalue weighted by atomic mass is 15.2. The lowest BCUT2D eigenvalue weighted by atomic mass is 10.1. The fourth-order valence-corrected chi connectivity index (χ4v) is 3.92. The number of nitrogens with zero attached hydrogens (tertiary/aromatic N) is 5. The van der Waals surface area contributed by atoms with Crippen molar-refractivity contribution in [1.82, 2.24) is 18.9 Å². The van der Waals surface area contributed by atoms with Crippen molar-refractivity contribution in [1.29, 1.82) is 0 Å². The molecule has 0 radical (unpaired) electrons. The molecule has 0 spiro atoms. The first-order chi connectivity index (χ1) is 12.4. The minimum Gasteiger partial charge on any atom is -0.264 e. The van der Waals surface area contributed by atoms with Crippen LogP contribution < -0.4 is 4.57 Å². The van der Waals surface area contributed by atoms with Crippen LogP contribution in [0.15, 0.2) is 73.4 Å². The molecule has 1 aromatic carbocycles. The van der Waals surface area contributed by atoms with Gasteiger partial charge in [-0.3, -0.25) is 9.55 Å². The molecule has 0 amide bonds. The van der Waals surface area contributed by atoms with Crippen LogP contribution in [0.4, 0.5) is 0 Å². The molecule has 0 bridgehead atoms. The maximum absolute atomic E-state index is 4.67. The summed E-state index contributed by atoms with van der Waals surface area (Å²) in [6.07, 6.45) is 7.86. The number of rotatable bonds is 1. The first-order valence-corrected chi connectivity index (χ1v) is 8.30. The summed E-state index contributed by atoms with van der Waals surface area (Å²) in [5.74, 6) is 0. The number of para-hydroxylation sites is 1. The molecule has 5 nitrogen and oxygen atoms in total. The van der Waals surface area contributed by atoms with Gasteiger partial charge in [-0.05, 0) is 30.3 Å². The van der Waals surface area contributed by atoms with Gasteiger partial charge < -0.3 is 0 Å². The Morgan fingerprint density at radius 2 is 1.88 bits per heavy atom. The van der Waals surface area contributed by atoms with Gasteiger partial charge in [-0.15, -0.1) is 0 Å². The van der Waals surface area contributed by atoms with Crippen LogP contribution in [0.3, 0.4) is 0 Å². The molecule has 0 aliphatic carbocycles. The van der Waals surface area contributed by atoms with E-state index in [1.54, 1.807) is 0 Å². The summed E-state index contributed by atoms with van der Waals surface area (Å²) in [5.41, 5.74) is 8.07. The number of fused-ring (bicyclic) bond motifs is 7. The van der Waals surface area contributed by atoms with Crippen molar-refractivity contribution in [2.45, 2.75) is 6.54 Å². The molecule has 0 saturated carbocycles. The van der Waals surface area contributed by atoms with Crippen molar-refractivity contribution in [2.75, 3.05) is 0 Å². The van der Waals surface area contributed by atoms with E-state index in [9.17, 15) is 0 Å². The van der Waals surface area contributed by atoms with E-state index in [-0.39, 0.29) is 0 Å². The minimum absolute atomic E-state index is 0.858. The summed E-state index contributed by atoms with van der Waals surface area (Å²) >= 11 is 0. The predicted molar refractivity (Wildman–Crippen MR) is 94.6 cm³/mol. The Morgan fingerprint density at radius 1 is 0.960 bits per heavy atom. The van der Waals surface area contributed by atoms with Crippen molar-refractivity contribution >= 4 is 16.8 Å². The normalized spacial score (nSPS) is 12.6. The average Bonchev–Trinajstić information content (AvgIpc) is 3.29. The first-order valence-electron chi connectivity index (χ1n) is 8.30. The van der Waals surface area contributed by atoms with Crippen LogP contribution in [0.25, 0.3) is 33.8 Å². The molecule has 0 fully saturated rings. The lowest BCUT2D eigenvalue weighted by Gasteiger charge is -2.03. The zero-order valence-corrected chi connectivity index (χ0v) is 13.4. The zero-order valence-electron chi connectivity index (χ0n) is 13.4. The molecule has 5 aromatic rings. The van der Waals surface area contributed by atoms with Gasteiger partial charge in [-0.1, -0.05) is 18.2 Å². The topological polar surface area (TPSA) is 39.0 Å². The summed E-state index contributed by atoms with van der Waals surface area (Å²) in [6, 6.07) is 16.6. The van der Waals surface area contributed by atoms with Crippen LogP contribution in [-0.4, -0.2) is 18.9 Å². The lowest BCUT2D eigenvalue weighted by Crippen LogP contribution is -2.29. The molecule has 0 N–H and O–H groups in total. The molecular formula is C20H14N5+. The molecule has 4 aromatic heterocycles. The van der Waals surface area contributed by atoms with E-state index in [0.29, 0.717) is 0 Å². The number of pyridine rings is 2. The van der Waals surface area contributed by atoms with E-state index in [2.05, 4.69) is 66.2 Å². The molecule has 5 heterocycles. The largest absolute Gasteiger partial charge is 0.264 e. The Morgan fingerprint density at radius 3 is 2.80 bits per heavy atom. The van der Waals surface area contributed by atoms with E-state index in [4.69, 9.17) is 0 Å². The second-order valence-electron chi connectivity index (χ2n) is 6.34. The van der Waals surface area contributed by atoms with Gasteiger partial charge in [-0.25, -0.2) is 9.55 Å². The SMILES string of the molecule is c1ccc(-n2c3ncccc3n3c[n+]4c(c23)-c2ccncc2C4)cc1. The van der Waals surface area contributed by atoms with Gasteiger partial charge in [0.2, 0.25) is 5.69 Å². The smallest absolute Gasteiger partial charge is 0.261 e. The molecule has 5 heteroatoms. The average molecular weight is 324 g/mol. The quantitative estimate of drug-likeness (QED) is 0.436. The summed E-state index contributed by atoms with van der Waals surface area (Å²) < 4.78 is 6.79. The van der Waals surface area contributed by atoms with Gasteiger partial charge in [0.25, 0.3) is 12.0 Å². The Hall–Kier alpha value is -3.47. The van der Waals surface area contributed by atoms with Crippen LogP contribution in [-0.2, 0) is 6.54 Å². The number of aromatic nitrogens is 5. The van der Waals surface area contributed by atoms with Gasteiger partial charge in [-0.2, -0.15) is 4.40 Å². The molecule has 0 unspecified atom stereocenters. The zero-order chi connectivity index (χ0) is 16.4. The fourth-order valence-electron chi connectivity index (χ4n) is 3.92. The summed E-state index contributed by atoms with van der Waals surface area (Å²) in [6.45, 7) is 0.858. The van der Waals surface area contributed by atoms with Gasteiger partial charge in [0.05, 0.1) is 5.69 Å². The summed E-state index contributed by atoms with van der Waals surface area (Å²) in [7, 11) is 0. The number of hydrogen-bond donors (Lipinski definition) is 0. The van der Waals surface area contributed by atoms with E-state index < -0.39 is 0 Å². The van der Waals surface area contributed by atoms with Gasteiger partial charge in [0.15, 0.2) is 11.2 Å². The van der Waals surface area contributed by atoms with Crippen LogP contribution in [0.1, 0.15) is 5.56 Å². The standard InChI is InChI=1S/C20H14N5/c1-2-5-15(6-3-1)25-19-17(7-4-9-22-19)24-13-23-12-14-11-21-10-8-16(14)18(23)20(24)25/h1-11,13H,12H2/q+1. The van der Waals surface area contributed by atoms with E-state index in [1.165, 1.54) is 16.8 Å². The van der Waals surface area contributed by atoms with Gasteiger partial charge in [0, 0.05) is 29.7 Å². The highest BCUT2D eigenvalue weighted by molar-refractivity contribution is 5.87. The highest BCUT2D eigenvalue weighted by Gasteiger charge is 2.33. The summed E-state index contributed by atoms with van der Waals surface area (Å²) in [5, 5.41) is 0. The van der Waals surface area contributed by atoms with E-state index >= 15 is 0 Å². The Kier molecular flexibility index (Phi) is 2.34. The Bertz CT molecular complexity index is 1260. The highest BCUT2D eigenvalue weighted by Crippen LogP contribution is 2.34. The van der Waals surface area contributed by atoms with Crippen molar-refractivity contribution < 1.29 is 4.57 Å². The molecule has 1 aliphatic heterocycles. The molecule has 1 aliphatic rings. The van der Waals surface area contributed by atoms with Crippen LogP contribution in [0.5, 0.6) is 0 Å². The van der Waals surface area contributed by atoms with E-state index in [0.717, 1.165) is 29.0 Å².